The van der Waals surface area contributed by atoms with Crippen molar-refractivity contribution in [2.45, 2.75) is 6.10 Å². The van der Waals surface area contributed by atoms with Crippen LogP contribution in [0.5, 0.6) is 0 Å². The molecule has 0 saturated heterocycles. The zero-order valence-corrected chi connectivity index (χ0v) is 5.27. The van der Waals surface area contributed by atoms with Gasteiger partial charge in [0.05, 0.1) is 13.2 Å². The van der Waals surface area contributed by atoms with Crippen molar-refractivity contribution in [3.63, 3.8) is 0 Å². The number of carboxylic acid groups (broad SMARTS) is 1. The maximum atomic E-state index is 9.99. The molecule has 5 nitrogen and oxygen atoms in total. The standard InChI is InChI=1S/C5H10O5/c6-1-3(2-7)4(8)5(9)10/h3-4,6-8H,1-2H2,(H,9,10). The molecule has 0 rings (SSSR count). The van der Waals surface area contributed by atoms with E-state index >= 15 is 0 Å². The Morgan fingerprint density at radius 3 is 1.80 bits per heavy atom. The molecule has 60 valence electrons. The van der Waals surface area contributed by atoms with Gasteiger partial charge in [-0.05, 0) is 0 Å². The molecule has 0 aliphatic heterocycles. The van der Waals surface area contributed by atoms with E-state index in [4.69, 9.17) is 20.4 Å². The number of carboxylic acids is 1. The van der Waals surface area contributed by atoms with E-state index < -0.39 is 31.2 Å². The van der Waals surface area contributed by atoms with Crippen LogP contribution in [-0.4, -0.2) is 45.7 Å². The summed E-state index contributed by atoms with van der Waals surface area (Å²) in [5.74, 6) is -2.43. The molecule has 0 aliphatic rings. The summed E-state index contributed by atoms with van der Waals surface area (Å²) in [5, 5.41) is 33.5. The van der Waals surface area contributed by atoms with Crippen LogP contribution in [-0.2, 0) is 4.79 Å². The topological polar surface area (TPSA) is 98.0 Å². The summed E-state index contributed by atoms with van der Waals surface area (Å²) in [5.41, 5.74) is 0. The molecule has 5 heteroatoms. The van der Waals surface area contributed by atoms with Crippen LogP contribution in [0.1, 0.15) is 0 Å². The predicted molar refractivity (Wildman–Crippen MR) is 31.3 cm³/mol. The summed E-state index contributed by atoms with van der Waals surface area (Å²) < 4.78 is 0. The number of carbonyl (C=O) groups is 1. The van der Waals surface area contributed by atoms with E-state index in [2.05, 4.69) is 0 Å². The molecule has 0 saturated carbocycles. The van der Waals surface area contributed by atoms with E-state index in [9.17, 15) is 4.79 Å². The largest absolute Gasteiger partial charge is 0.479 e. The molecule has 0 aromatic rings. The van der Waals surface area contributed by atoms with Gasteiger partial charge in [0.25, 0.3) is 0 Å². The van der Waals surface area contributed by atoms with Crippen LogP contribution in [0, 0.1) is 5.92 Å². The molecule has 0 aliphatic carbocycles. The molecular weight excluding hydrogens is 140 g/mol. The van der Waals surface area contributed by atoms with Crippen molar-refractivity contribution in [1.29, 1.82) is 0 Å². The average Bonchev–Trinajstić information content (AvgIpc) is 1.90. The Balaban J connectivity index is 3.88. The highest BCUT2D eigenvalue weighted by Crippen LogP contribution is 2.01. The summed E-state index contributed by atoms with van der Waals surface area (Å²) in [6.45, 7) is -1.08. The minimum absolute atomic E-state index is 0.538. The van der Waals surface area contributed by atoms with Gasteiger partial charge in [-0.15, -0.1) is 0 Å². The monoisotopic (exact) mass is 150 g/mol. The molecule has 0 amide bonds. The first-order chi connectivity index (χ1) is 4.63. The lowest BCUT2D eigenvalue weighted by Gasteiger charge is -2.13. The van der Waals surface area contributed by atoms with Crippen molar-refractivity contribution < 1.29 is 25.2 Å². The lowest BCUT2D eigenvalue weighted by molar-refractivity contribution is -0.151. The fourth-order valence-electron chi connectivity index (χ4n) is 0.459. The van der Waals surface area contributed by atoms with E-state index in [1.807, 2.05) is 0 Å². The highest BCUT2D eigenvalue weighted by molar-refractivity contribution is 5.72. The number of aliphatic hydroxyl groups excluding tert-OH is 3. The smallest absolute Gasteiger partial charge is 0.332 e. The maximum Gasteiger partial charge on any atom is 0.332 e. The second-order valence-corrected chi connectivity index (χ2v) is 1.91. The van der Waals surface area contributed by atoms with Gasteiger partial charge in [0.2, 0.25) is 0 Å². The fraction of sp³-hybridized carbons (Fsp3) is 0.800. The number of aliphatic hydroxyl groups is 3. The van der Waals surface area contributed by atoms with Gasteiger partial charge >= 0.3 is 5.97 Å². The first kappa shape index (κ1) is 9.35. The van der Waals surface area contributed by atoms with Crippen molar-refractivity contribution >= 4 is 5.97 Å². The Morgan fingerprint density at radius 2 is 1.70 bits per heavy atom. The Kier molecular flexibility index (Phi) is 3.94. The molecule has 0 spiro atoms. The number of hydrogen-bond donors (Lipinski definition) is 4. The zero-order chi connectivity index (χ0) is 8.15. The summed E-state index contributed by atoms with van der Waals surface area (Å²) in [4.78, 5) is 9.99. The van der Waals surface area contributed by atoms with E-state index in [-0.39, 0.29) is 0 Å². The summed E-state index contributed by atoms with van der Waals surface area (Å²) in [7, 11) is 0. The van der Waals surface area contributed by atoms with Crippen LogP contribution < -0.4 is 0 Å². The van der Waals surface area contributed by atoms with Crippen LogP contribution >= 0.6 is 0 Å². The normalized spacial score (nSPS) is 13.6. The number of hydrogen-bond acceptors (Lipinski definition) is 4. The lowest BCUT2D eigenvalue weighted by atomic mass is 10.1. The van der Waals surface area contributed by atoms with Crippen LogP contribution in [0.3, 0.4) is 0 Å². The minimum atomic E-state index is -1.69. The predicted octanol–water partition coefficient (Wildman–Crippen LogP) is -1.97. The van der Waals surface area contributed by atoms with Crippen molar-refractivity contribution in [2.75, 3.05) is 13.2 Å². The molecule has 0 radical (unpaired) electrons. The van der Waals surface area contributed by atoms with Gasteiger partial charge < -0.3 is 20.4 Å². The number of rotatable bonds is 4. The van der Waals surface area contributed by atoms with Crippen LogP contribution in [0.4, 0.5) is 0 Å². The van der Waals surface area contributed by atoms with Gasteiger partial charge in [0.1, 0.15) is 0 Å². The van der Waals surface area contributed by atoms with Crippen molar-refractivity contribution in [3.8, 4) is 0 Å². The van der Waals surface area contributed by atoms with Gasteiger partial charge in [0, 0.05) is 5.92 Å². The molecule has 0 aromatic heterocycles. The van der Waals surface area contributed by atoms with Gasteiger partial charge in [-0.2, -0.15) is 0 Å². The molecule has 0 aromatic carbocycles. The quantitative estimate of drug-likeness (QED) is 0.373. The Labute approximate surface area is 57.5 Å². The van der Waals surface area contributed by atoms with Crippen molar-refractivity contribution in [2.24, 2.45) is 5.92 Å². The van der Waals surface area contributed by atoms with Crippen LogP contribution in [0.2, 0.25) is 0 Å². The first-order valence-electron chi connectivity index (χ1n) is 2.76. The summed E-state index contributed by atoms with van der Waals surface area (Å²) in [6.07, 6.45) is -1.69. The SMILES string of the molecule is O=C(O)C(O)C(CO)CO. The maximum absolute atomic E-state index is 9.99. The highest BCUT2D eigenvalue weighted by Gasteiger charge is 2.23. The minimum Gasteiger partial charge on any atom is -0.479 e. The van der Waals surface area contributed by atoms with Crippen molar-refractivity contribution in [1.82, 2.24) is 0 Å². The second kappa shape index (κ2) is 4.21. The molecule has 4 N–H and O–H groups in total. The second-order valence-electron chi connectivity index (χ2n) is 1.91. The Morgan fingerprint density at radius 1 is 1.30 bits per heavy atom. The molecule has 0 heterocycles. The third-order valence-electron chi connectivity index (χ3n) is 1.17. The molecule has 1 unspecified atom stereocenters. The third-order valence-corrected chi connectivity index (χ3v) is 1.17. The molecule has 0 fully saturated rings. The Hall–Kier alpha value is -0.650. The highest BCUT2D eigenvalue weighted by atomic mass is 16.4. The Bertz CT molecular complexity index is 109. The van der Waals surface area contributed by atoms with E-state index in [0.717, 1.165) is 0 Å². The molecule has 10 heavy (non-hydrogen) atoms. The summed E-state index contributed by atoms with van der Waals surface area (Å²) in [6, 6.07) is 0. The van der Waals surface area contributed by atoms with Gasteiger partial charge in [-0.25, -0.2) is 4.79 Å². The average molecular weight is 150 g/mol. The third kappa shape index (κ3) is 2.30. The van der Waals surface area contributed by atoms with E-state index in [0.29, 0.717) is 0 Å². The molecule has 0 bridgehead atoms. The lowest BCUT2D eigenvalue weighted by Crippen LogP contribution is -2.33. The van der Waals surface area contributed by atoms with Crippen LogP contribution in [0.25, 0.3) is 0 Å². The van der Waals surface area contributed by atoms with Crippen LogP contribution in [0.15, 0.2) is 0 Å². The fourth-order valence-corrected chi connectivity index (χ4v) is 0.459. The first-order valence-corrected chi connectivity index (χ1v) is 2.76. The summed E-state index contributed by atoms with van der Waals surface area (Å²) >= 11 is 0. The van der Waals surface area contributed by atoms with E-state index in [1.54, 1.807) is 0 Å². The van der Waals surface area contributed by atoms with Gasteiger partial charge in [0.15, 0.2) is 6.10 Å². The van der Waals surface area contributed by atoms with Gasteiger partial charge in [-0.3, -0.25) is 0 Å². The molecular formula is C5H10O5. The van der Waals surface area contributed by atoms with Gasteiger partial charge in [-0.1, -0.05) is 0 Å². The number of aliphatic carboxylic acids is 1. The van der Waals surface area contributed by atoms with Crippen molar-refractivity contribution in [3.05, 3.63) is 0 Å². The molecule has 1 atom stereocenters. The zero-order valence-electron chi connectivity index (χ0n) is 5.27. The van der Waals surface area contributed by atoms with E-state index in [1.165, 1.54) is 0 Å².